The zero-order valence-corrected chi connectivity index (χ0v) is 15.1. The summed E-state index contributed by atoms with van der Waals surface area (Å²) < 4.78 is 10.5. The van der Waals surface area contributed by atoms with Crippen LogP contribution in [0.1, 0.15) is 19.7 Å². The second kappa shape index (κ2) is 8.05. The maximum Gasteiger partial charge on any atom is 0.258 e. The second-order valence-corrected chi connectivity index (χ2v) is 6.59. The number of nitrogens with two attached hydrogens (primary N) is 1. The summed E-state index contributed by atoms with van der Waals surface area (Å²) in [6, 6.07) is 3.31. The van der Waals surface area contributed by atoms with Gasteiger partial charge in [0.2, 0.25) is 0 Å². The number of aliphatic imine (C=N–C) groups is 1. The van der Waals surface area contributed by atoms with Gasteiger partial charge in [-0.15, -0.1) is 0 Å². The van der Waals surface area contributed by atoms with Gasteiger partial charge in [-0.2, -0.15) is 0 Å². The molecule has 0 aliphatic carbocycles. The van der Waals surface area contributed by atoms with E-state index in [9.17, 15) is 4.79 Å². The molecule has 0 aliphatic heterocycles. The lowest BCUT2D eigenvalue weighted by Gasteiger charge is -2.09. The van der Waals surface area contributed by atoms with Crippen LogP contribution in [0.5, 0.6) is 11.5 Å². The van der Waals surface area contributed by atoms with Gasteiger partial charge in [-0.3, -0.25) is 9.79 Å². The van der Waals surface area contributed by atoms with Crippen LogP contribution in [0, 0.1) is 5.92 Å². The van der Waals surface area contributed by atoms with Crippen LogP contribution in [0.3, 0.4) is 0 Å². The number of amidine groups is 1. The number of aromatic nitrogens is 2. The van der Waals surface area contributed by atoms with Gasteiger partial charge in [0.25, 0.3) is 5.56 Å². The van der Waals surface area contributed by atoms with Crippen LogP contribution in [0.2, 0.25) is 0 Å². The Morgan fingerprint density at radius 1 is 1.33 bits per heavy atom. The summed E-state index contributed by atoms with van der Waals surface area (Å²) in [6.07, 6.45) is 0. The fraction of sp³-hybridized carbons (Fsp3) is 0.438. The Labute approximate surface area is 144 Å². The number of fused-ring (bicyclic) bond motifs is 1. The normalized spacial score (nSPS) is 12.0. The highest BCUT2D eigenvalue weighted by atomic mass is 32.2. The molecule has 0 saturated carbocycles. The number of nitrogens with one attached hydrogen (secondary N) is 1. The predicted molar refractivity (Wildman–Crippen MR) is 98.1 cm³/mol. The maximum absolute atomic E-state index is 12.3. The molecule has 0 saturated heterocycles. The van der Waals surface area contributed by atoms with Crippen molar-refractivity contribution in [2.24, 2.45) is 16.6 Å². The molecule has 130 valence electrons. The third kappa shape index (κ3) is 4.41. The van der Waals surface area contributed by atoms with E-state index in [1.54, 1.807) is 19.2 Å². The molecule has 1 aromatic carbocycles. The minimum Gasteiger partial charge on any atom is -0.493 e. The van der Waals surface area contributed by atoms with Crippen LogP contribution >= 0.6 is 11.8 Å². The van der Waals surface area contributed by atoms with Crippen molar-refractivity contribution in [3.05, 3.63) is 28.3 Å². The van der Waals surface area contributed by atoms with Gasteiger partial charge in [-0.25, -0.2) is 4.98 Å². The van der Waals surface area contributed by atoms with Crippen molar-refractivity contribution >= 4 is 27.8 Å². The van der Waals surface area contributed by atoms with E-state index in [0.717, 1.165) is 0 Å². The van der Waals surface area contributed by atoms with E-state index in [-0.39, 0.29) is 5.56 Å². The molecule has 1 heterocycles. The molecule has 0 radical (unpaired) electrons. The van der Waals surface area contributed by atoms with Crippen molar-refractivity contribution in [1.82, 2.24) is 9.97 Å². The predicted octanol–water partition coefficient (Wildman–Crippen LogP) is 2.14. The van der Waals surface area contributed by atoms with Crippen molar-refractivity contribution < 1.29 is 9.47 Å². The first-order valence-corrected chi connectivity index (χ1v) is 8.50. The molecule has 2 aromatic rings. The van der Waals surface area contributed by atoms with Crippen LogP contribution in [-0.4, -0.2) is 35.9 Å². The van der Waals surface area contributed by atoms with Gasteiger partial charge in [0.1, 0.15) is 5.82 Å². The molecule has 0 atom stereocenters. The SMILES string of the molecule is COc1cc2nc(CSC(N)=NCC(C)C)[nH]c(=O)c2cc1OC. The molecule has 0 bridgehead atoms. The van der Waals surface area contributed by atoms with E-state index >= 15 is 0 Å². The van der Waals surface area contributed by atoms with Crippen molar-refractivity contribution in [1.29, 1.82) is 0 Å². The second-order valence-electron chi connectivity index (χ2n) is 5.60. The third-order valence-corrected chi connectivity index (χ3v) is 4.07. The van der Waals surface area contributed by atoms with Crippen molar-refractivity contribution in [2.75, 3.05) is 20.8 Å². The summed E-state index contributed by atoms with van der Waals surface area (Å²) in [6.45, 7) is 4.83. The Morgan fingerprint density at radius 3 is 2.62 bits per heavy atom. The number of ether oxygens (including phenoxy) is 2. The van der Waals surface area contributed by atoms with E-state index in [4.69, 9.17) is 15.2 Å². The van der Waals surface area contributed by atoms with E-state index in [1.165, 1.54) is 18.9 Å². The van der Waals surface area contributed by atoms with Crippen LogP contribution in [-0.2, 0) is 5.75 Å². The number of H-pyrrole nitrogens is 1. The maximum atomic E-state index is 12.3. The van der Waals surface area contributed by atoms with Gasteiger partial charge in [0.15, 0.2) is 16.7 Å². The molecule has 3 N–H and O–H groups in total. The number of benzene rings is 1. The van der Waals surface area contributed by atoms with E-state index in [0.29, 0.717) is 51.6 Å². The summed E-state index contributed by atoms with van der Waals surface area (Å²) in [4.78, 5) is 23.8. The largest absolute Gasteiger partial charge is 0.493 e. The van der Waals surface area contributed by atoms with Crippen molar-refractivity contribution in [3.8, 4) is 11.5 Å². The minimum absolute atomic E-state index is 0.228. The Kier molecular flexibility index (Phi) is 6.08. The van der Waals surface area contributed by atoms with Gasteiger partial charge in [0.05, 0.1) is 30.9 Å². The fourth-order valence-electron chi connectivity index (χ4n) is 2.04. The summed E-state index contributed by atoms with van der Waals surface area (Å²) in [7, 11) is 3.06. The van der Waals surface area contributed by atoms with Crippen LogP contribution < -0.4 is 20.8 Å². The smallest absolute Gasteiger partial charge is 0.258 e. The molecule has 1 aromatic heterocycles. The number of nitrogens with zero attached hydrogens (tertiary/aromatic N) is 2. The number of thioether (sulfide) groups is 1. The minimum atomic E-state index is -0.228. The Bertz CT molecular complexity index is 802. The number of rotatable bonds is 6. The van der Waals surface area contributed by atoms with Crippen LogP contribution in [0.4, 0.5) is 0 Å². The van der Waals surface area contributed by atoms with Gasteiger partial charge in [-0.05, 0) is 12.0 Å². The molecule has 8 heteroatoms. The van der Waals surface area contributed by atoms with E-state index < -0.39 is 0 Å². The average Bonchev–Trinajstić information content (AvgIpc) is 2.56. The highest BCUT2D eigenvalue weighted by Crippen LogP contribution is 2.30. The number of methoxy groups -OCH3 is 2. The zero-order chi connectivity index (χ0) is 17.7. The lowest BCUT2D eigenvalue weighted by molar-refractivity contribution is 0.355. The molecule has 0 spiro atoms. The molecule has 2 rings (SSSR count). The quantitative estimate of drug-likeness (QED) is 0.611. The molecule has 0 fully saturated rings. The molecule has 7 nitrogen and oxygen atoms in total. The van der Waals surface area contributed by atoms with Crippen molar-refractivity contribution in [3.63, 3.8) is 0 Å². The number of aromatic amines is 1. The number of hydrogen-bond acceptors (Lipinski definition) is 6. The summed E-state index contributed by atoms with van der Waals surface area (Å²) in [5.41, 5.74) is 6.18. The molecule has 0 aliphatic rings. The van der Waals surface area contributed by atoms with Crippen molar-refractivity contribution in [2.45, 2.75) is 19.6 Å². The first-order chi connectivity index (χ1) is 11.4. The fourth-order valence-corrected chi connectivity index (χ4v) is 2.63. The number of hydrogen-bond donors (Lipinski definition) is 2. The highest BCUT2D eigenvalue weighted by Gasteiger charge is 2.11. The molecular weight excluding hydrogens is 328 g/mol. The van der Waals surface area contributed by atoms with E-state index in [1.807, 2.05) is 0 Å². The molecular formula is C16H22N4O3S. The first-order valence-electron chi connectivity index (χ1n) is 7.52. The lowest BCUT2D eigenvalue weighted by Crippen LogP contribution is -2.14. The topological polar surface area (TPSA) is 103 Å². The molecule has 0 unspecified atom stereocenters. The average molecular weight is 350 g/mol. The molecule has 0 amide bonds. The highest BCUT2D eigenvalue weighted by molar-refractivity contribution is 8.13. The van der Waals surface area contributed by atoms with Gasteiger partial charge >= 0.3 is 0 Å². The van der Waals surface area contributed by atoms with Gasteiger partial charge in [-0.1, -0.05) is 25.6 Å². The summed E-state index contributed by atoms with van der Waals surface area (Å²) in [5, 5.41) is 0.932. The van der Waals surface area contributed by atoms with Crippen LogP contribution in [0.25, 0.3) is 10.9 Å². The van der Waals surface area contributed by atoms with Crippen LogP contribution in [0.15, 0.2) is 21.9 Å². The summed E-state index contributed by atoms with van der Waals surface area (Å²) in [5.74, 6) is 2.44. The monoisotopic (exact) mass is 350 g/mol. The Morgan fingerprint density at radius 2 is 2.00 bits per heavy atom. The zero-order valence-electron chi connectivity index (χ0n) is 14.3. The van der Waals surface area contributed by atoms with E-state index in [2.05, 4.69) is 28.8 Å². The first kappa shape index (κ1) is 18.1. The standard InChI is InChI=1S/C16H22N4O3S/c1-9(2)7-18-16(17)24-8-14-19-11-6-13(23-4)12(22-3)5-10(11)15(21)20-14/h5-6,9H,7-8H2,1-4H3,(H2,17,18)(H,19,20,21). The third-order valence-electron chi connectivity index (χ3n) is 3.23. The van der Waals surface area contributed by atoms with Gasteiger partial charge in [0, 0.05) is 12.6 Å². The Hall–Kier alpha value is -2.22. The Balaban J connectivity index is 2.27. The van der Waals surface area contributed by atoms with Gasteiger partial charge < -0.3 is 20.2 Å². The lowest BCUT2D eigenvalue weighted by atomic mass is 10.2. The summed E-state index contributed by atoms with van der Waals surface area (Å²) >= 11 is 1.35. The molecule has 24 heavy (non-hydrogen) atoms.